The summed E-state index contributed by atoms with van der Waals surface area (Å²) in [5.74, 6) is -4.78. The molecule has 0 saturated carbocycles. The molecule has 1 saturated heterocycles. The Labute approximate surface area is 142 Å². The zero-order valence-electron chi connectivity index (χ0n) is 12.2. The largest absolute Gasteiger partial charge is 0.479 e. The second-order valence-corrected chi connectivity index (χ2v) is 5.36. The smallest absolute Gasteiger partial charge is 0.351 e. The second kappa shape index (κ2) is 8.79. The Morgan fingerprint density at radius 1 is 1.32 bits per heavy atom. The Morgan fingerprint density at radius 2 is 1.88 bits per heavy atom. The number of nitrogen functional groups attached to an aromatic ring is 1. The van der Waals surface area contributed by atoms with Gasteiger partial charge in [0.05, 0.1) is 6.20 Å². The van der Waals surface area contributed by atoms with Crippen LogP contribution in [-0.4, -0.2) is 54.0 Å². The Bertz CT molecular complexity index is 749. The van der Waals surface area contributed by atoms with Crippen molar-refractivity contribution in [3.8, 4) is 0 Å². The topological polar surface area (TPSA) is 182 Å². The lowest BCUT2D eigenvalue weighted by atomic mass is 10.5. The van der Waals surface area contributed by atoms with Gasteiger partial charge in [0.15, 0.2) is 11.6 Å². The molecule has 2 rings (SSSR count). The van der Waals surface area contributed by atoms with Crippen molar-refractivity contribution in [2.24, 2.45) is 0 Å². The molecule has 136 valence electrons. The maximum Gasteiger partial charge on any atom is 0.351 e. The maximum absolute atomic E-state index is 13.1. The zero-order chi connectivity index (χ0) is 19.1. The molecule has 2 atom stereocenters. The highest BCUT2D eigenvalue weighted by Crippen LogP contribution is 2.31. The van der Waals surface area contributed by atoms with Crippen LogP contribution in [0.25, 0.3) is 0 Å². The molecule has 0 amide bonds. The van der Waals surface area contributed by atoms with Gasteiger partial charge in [0.25, 0.3) is 0 Å². The van der Waals surface area contributed by atoms with Gasteiger partial charge < -0.3 is 25.8 Å². The highest BCUT2D eigenvalue weighted by molar-refractivity contribution is 8.00. The van der Waals surface area contributed by atoms with E-state index >= 15 is 0 Å². The van der Waals surface area contributed by atoms with E-state index < -0.39 is 46.9 Å². The van der Waals surface area contributed by atoms with Gasteiger partial charge in [0, 0.05) is 17.9 Å². The van der Waals surface area contributed by atoms with Crippen molar-refractivity contribution in [3.63, 3.8) is 0 Å². The van der Waals surface area contributed by atoms with Crippen LogP contribution in [0, 0.1) is 5.82 Å². The Hall–Kier alpha value is -2.93. The average molecular weight is 377 g/mol. The number of hydrogen-bond acceptors (Lipinski definition) is 8. The molecule has 0 spiro atoms. The minimum Gasteiger partial charge on any atom is -0.479 e. The average Bonchev–Trinajstić information content (AvgIpc) is 2.99. The highest BCUT2D eigenvalue weighted by Gasteiger charge is 2.33. The van der Waals surface area contributed by atoms with Gasteiger partial charge in [-0.25, -0.2) is 23.6 Å². The second-order valence-electron chi connectivity index (χ2n) is 4.27. The number of carboxylic acid groups (broad SMARTS) is 3. The zero-order valence-corrected chi connectivity index (χ0v) is 13.1. The predicted octanol–water partition coefficient (Wildman–Crippen LogP) is -0.651. The summed E-state index contributed by atoms with van der Waals surface area (Å²) >= 11 is 1.01. The van der Waals surface area contributed by atoms with Crippen LogP contribution < -0.4 is 11.4 Å². The van der Waals surface area contributed by atoms with Crippen molar-refractivity contribution in [2.45, 2.75) is 11.7 Å². The van der Waals surface area contributed by atoms with Crippen molar-refractivity contribution < 1.29 is 38.8 Å². The maximum atomic E-state index is 13.1. The number of aromatic nitrogens is 2. The number of aliphatic carboxylic acids is 3. The molecular weight excluding hydrogens is 365 g/mol. The number of carbonyl (C=O) groups is 3. The summed E-state index contributed by atoms with van der Waals surface area (Å²) < 4.78 is 19.1. The Kier molecular flexibility index (Phi) is 7.07. The first kappa shape index (κ1) is 20.1. The molecule has 1 aromatic rings. The number of thioether (sulfide) groups is 1. The van der Waals surface area contributed by atoms with Crippen LogP contribution >= 0.6 is 11.8 Å². The molecule has 0 aliphatic carbocycles. The van der Waals surface area contributed by atoms with Crippen LogP contribution in [0.1, 0.15) is 6.23 Å². The molecule has 5 N–H and O–H groups in total. The summed E-state index contributed by atoms with van der Waals surface area (Å²) in [4.78, 5) is 44.4. The van der Waals surface area contributed by atoms with Gasteiger partial charge in [0.2, 0.25) is 5.44 Å². The third-order valence-corrected chi connectivity index (χ3v) is 3.58. The number of carboxylic acids is 3. The Balaban J connectivity index is 0.000000333. The summed E-state index contributed by atoms with van der Waals surface area (Å²) in [6, 6.07) is 0. The van der Waals surface area contributed by atoms with Crippen LogP contribution in [0.2, 0.25) is 0 Å². The molecule has 25 heavy (non-hydrogen) atoms. The van der Waals surface area contributed by atoms with Crippen molar-refractivity contribution in [1.82, 2.24) is 9.55 Å². The Morgan fingerprint density at radius 3 is 2.32 bits per heavy atom. The van der Waals surface area contributed by atoms with Crippen LogP contribution in [0.5, 0.6) is 0 Å². The van der Waals surface area contributed by atoms with Crippen LogP contribution in [-0.2, 0) is 19.1 Å². The third kappa shape index (κ3) is 6.23. The first-order valence-electron chi connectivity index (χ1n) is 6.29. The first-order chi connectivity index (χ1) is 11.6. The summed E-state index contributed by atoms with van der Waals surface area (Å²) in [7, 11) is 0. The molecule has 11 nitrogen and oxygen atoms in total. The number of hydrogen-bond donors (Lipinski definition) is 4. The summed E-state index contributed by atoms with van der Waals surface area (Å²) in [5.41, 5.74) is 3.28. The number of anilines is 1. The van der Waals surface area contributed by atoms with Crippen molar-refractivity contribution in [3.05, 3.63) is 34.7 Å². The predicted molar refractivity (Wildman–Crippen MR) is 81.3 cm³/mol. The molecule has 0 unspecified atom stereocenters. The van der Waals surface area contributed by atoms with Crippen molar-refractivity contribution >= 4 is 35.5 Å². The molecule has 2 heterocycles. The number of nitrogens with zero attached hydrogens (tertiary/aromatic N) is 2. The van der Waals surface area contributed by atoms with E-state index in [1.165, 1.54) is 0 Å². The van der Waals surface area contributed by atoms with E-state index in [0.717, 1.165) is 22.5 Å². The van der Waals surface area contributed by atoms with Gasteiger partial charge in [-0.3, -0.25) is 4.57 Å². The van der Waals surface area contributed by atoms with Gasteiger partial charge in [-0.2, -0.15) is 4.98 Å². The highest BCUT2D eigenvalue weighted by atomic mass is 32.2. The molecule has 1 fully saturated rings. The summed E-state index contributed by atoms with van der Waals surface area (Å²) in [6.45, 7) is 0. The fraction of sp³-hybridized carbons (Fsp3) is 0.250. The van der Waals surface area contributed by atoms with E-state index in [0.29, 0.717) is 12.2 Å². The molecule has 1 aliphatic rings. The molecule has 0 radical (unpaired) electrons. The van der Waals surface area contributed by atoms with Gasteiger partial charge in [0.1, 0.15) is 6.23 Å². The van der Waals surface area contributed by atoms with E-state index in [1.54, 1.807) is 0 Å². The van der Waals surface area contributed by atoms with Gasteiger partial charge >= 0.3 is 23.6 Å². The van der Waals surface area contributed by atoms with E-state index in [-0.39, 0.29) is 5.75 Å². The lowest BCUT2D eigenvalue weighted by molar-refractivity contribution is -0.147. The SMILES string of the molecule is Nc1nc(=O)n([C@@H]2CS[C@H](C(=O)O)O2)cc1F.O=C(O)C=CC(=O)O. The molecule has 0 aromatic carbocycles. The summed E-state index contributed by atoms with van der Waals surface area (Å²) in [5, 5.41) is 24.3. The van der Waals surface area contributed by atoms with Gasteiger partial charge in [-0.15, -0.1) is 11.8 Å². The molecule has 0 bridgehead atoms. The standard InChI is InChI=1S/C8H8FN3O4S.C4H4O4/c9-3-1-12(8(15)11-5(3)10)4-2-17-7(16-4)6(13)14;5-3(6)1-2-4(7)8/h1,4,7H,2H2,(H,13,14)(H2,10,11,15);1-2H,(H,5,6)(H,7,8)/t4-,7+;/m0./s1. The van der Waals surface area contributed by atoms with E-state index in [4.69, 9.17) is 25.8 Å². The molecule has 1 aromatic heterocycles. The minimum atomic E-state index is -1.26. The molecule has 1 aliphatic heterocycles. The normalized spacial score (nSPS) is 19.2. The fourth-order valence-corrected chi connectivity index (χ4v) is 2.40. The number of halogens is 1. The van der Waals surface area contributed by atoms with E-state index in [1.807, 2.05) is 0 Å². The third-order valence-electron chi connectivity index (χ3n) is 2.49. The lowest BCUT2D eigenvalue weighted by Crippen LogP contribution is -2.30. The monoisotopic (exact) mass is 377 g/mol. The first-order valence-corrected chi connectivity index (χ1v) is 7.34. The molecule has 13 heteroatoms. The van der Waals surface area contributed by atoms with Crippen LogP contribution in [0.3, 0.4) is 0 Å². The molecular formula is C12H12FN3O8S. The van der Waals surface area contributed by atoms with E-state index in [2.05, 4.69) is 4.98 Å². The van der Waals surface area contributed by atoms with Gasteiger partial charge in [-0.1, -0.05) is 0 Å². The van der Waals surface area contributed by atoms with E-state index in [9.17, 15) is 23.6 Å². The summed E-state index contributed by atoms with van der Waals surface area (Å²) in [6.07, 6.45) is 1.13. The van der Waals surface area contributed by atoms with Crippen molar-refractivity contribution in [1.29, 1.82) is 0 Å². The van der Waals surface area contributed by atoms with Crippen molar-refractivity contribution in [2.75, 3.05) is 11.5 Å². The van der Waals surface area contributed by atoms with Crippen LogP contribution in [0.15, 0.2) is 23.1 Å². The fourth-order valence-electron chi connectivity index (χ4n) is 1.47. The quantitative estimate of drug-likeness (QED) is 0.489. The minimum absolute atomic E-state index is 0.224. The van der Waals surface area contributed by atoms with Gasteiger partial charge in [-0.05, 0) is 0 Å². The van der Waals surface area contributed by atoms with Crippen LogP contribution in [0.4, 0.5) is 10.2 Å². The lowest BCUT2D eigenvalue weighted by Gasteiger charge is -2.12. The number of ether oxygens (including phenoxy) is 1. The number of rotatable bonds is 4. The number of nitrogens with two attached hydrogens (primary N) is 1.